The highest BCUT2D eigenvalue weighted by Crippen LogP contribution is 2.27. The topological polar surface area (TPSA) is 75.4 Å². The summed E-state index contributed by atoms with van der Waals surface area (Å²) >= 11 is 6.17. The average Bonchev–Trinajstić information content (AvgIpc) is 2.78. The standard InChI is InChI=1S/C24H24ClN3O3/c1-16-20(11-13-29)24(31)28(23(26-16)18-7-4-9-19(25)14-18)15-22(30)27-12-5-8-17-6-2-3-10-21(17)27/h2-4,6-7,9-10,14,29H,5,8,11-13,15H2,1H3. The van der Waals surface area contributed by atoms with Gasteiger partial charge in [-0.05, 0) is 43.5 Å². The summed E-state index contributed by atoms with van der Waals surface area (Å²) in [7, 11) is 0. The lowest BCUT2D eigenvalue weighted by atomic mass is 10.0. The SMILES string of the molecule is Cc1nc(-c2cccc(Cl)c2)n(CC(=O)N2CCCc3ccccc32)c(=O)c1CCO. The first-order valence-corrected chi connectivity index (χ1v) is 10.7. The van der Waals surface area contributed by atoms with Gasteiger partial charge < -0.3 is 10.0 Å². The van der Waals surface area contributed by atoms with Crippen LogP contribution in [0.4, 0.5) is 5.69 Å². The third kappa shape index (κ3) is 4.27. The van der Waals surface area contributed by atoms with E-state index in [0.29, 0.717) is 34.2 Å². The second-order valence-electron chi connectivity index (χ2n) is 7.65. The lowest BCUT2D eigenvalue weighted by molar-refractivity contribution is -0.119. The summed E-state index contributed by atoms with van der Waals surface area (Å²) in [5.74, 6) is 0.225. The molecule has 2 heterocycles. The molecule has 1 aliphatic heterocycles. The van der Waals surface area contributed by atoms with Gasteiger partial charge in [0.2, 0.25) is 5.91 Å². The van der Waals surface area contributed by atoms with Crippen molar-refractivity contribution < 1.29 is 9.90 Å². The summed E-state index contributed by atoms with van der Waals surface area (Å²) in [5, 5.41) is 9.93. The van der Waals surface area contributed by atoms with Gasteiger partial charge in [0.15, 0.2) is 0 Å². The second kappa shape index (κ2) is 9.04. The van der Waals surface area contributed by atoms with Gasteiger partial charge in [0.05, 0.1) is 0 Å². The number of hydrogen-bond donors (Lipinski definition) is 1. The van der Waals surface area contributed by atoms with Crippen LogP contribution < -0.4 is 10.5 Å². The van der Waals surface area contributed by atoms with Crippen LogP contribution in [0, 0.1) is 6.92 Å². The van der Waals surface area contributed by atoms with Gasteiger partial charge in [0, 0.05) is 47.1 Å². The Morgan fingerprint density at radius 3 is 2.77 bits per heavy atom. The van der Waals surface area contributed by atoms with Crippen molar-refractivity contribution in [3.63, 3.8) is 0 Å². The van der Waals surface area contributed by atoms with E-state index in [1.165, 1.54) is 4.57 Å². The van der Waals surface area contributed by atoms with E-state index in [1.54, 1.807) is 30.0 Å². The first-order chi connectivity index (χ1) is 15.0. The van der Waals surface area contributed by atoms with Gasteiger partial charge in [-0.3, -0.25) is 14.2 Å². The molecule has 6 nitrogen and oxygen atoms in total. The number of rotatable bonds is 5. The van der Waals surface area contributed by atoms with Crippen molar-refractivity contribution in [3.05, 3.63) is 80.7 Å². The molecular weight excluding hydrogens is 414 g/mol. The summed E-state index contributed by atoms with van der Waals surface area (Å²) < 4.78 is 1.41. The molecule has 0 saturated carbocycles. The van der Waals surface area contributed by atoms with Crippen molar-refractivity contribution >= 4 is 23.2 Å². The first-order valence-electron chi connectivity index (χ1n) is 10.3. The Hall–Kier alpha value is -2.96. The van der Waals surface area contributed by atoms with Crippen LogP contribution in [-0.4, -0.2) is 33.7 Å². The molecule has 0 spiro atoms. The predicted molar refractivity (Wildman–Crippen MR) is 122 cm³/mol. The zero-order valence-electron chi connectivity index (χ0n) is 17.3. The summed E-state index contributed by atoms with van der Waals surface area (Å²) in [6.45, 7) is 2.05. The number of carbonyl (C=O) groups is 1. The number of aliphatic hydroxyl groups is 1. The normalized spacial score (nSPS) is 13.2. The third-order valence-corrected chi connectivity index (χ3v) is 5.85. The number of anilines is 1. The Bertz CT molecular complexity index is 1190. The molecule has 1 aromatic heterocycles. The second-order valence-corrected chi connectivity index (χ2v) is 8.09. The maximum absolute atomic E-state index is 13.4. The van der Waals surface area contributed by atoms with Gasteiger partial charge in [0.1, 0.15) is 12.4 Å². The minimum absolute atomic E-state index is 0.138. The Kier molecular flexibility index (Phi) is 6.20. The number of aromatic nitrogens is 2. The zero-order chi connectivity index (χ0) is 22.0. The lowest BCUT2D eigenvalue weighted by Crippen LogP contribution is -2.41. The molecule has 0 bridgehead atoms. The average molecular weight is 438 g/mol. The Morgan fingerprint density at radius 2 is 2.00 bits per heavy atom. The number of hydrogen-bond acceptors (Lipinski definition) is 4. The molecule has 1 N–H and O–H groups in total. The number of aryl methyl sites for hydroxylation is 2. The van der Waals surface area contributed by atoms with Crippen molar-refractivity contribution in [3.8, 4) is 11.4 Å². The number of fused-ring (bicyclic) bond motifs is 1. The van der Waals surface area contributed by atoms with Gasteiger partial charge in [0.25, 0.3) is 5.56 Å². The number of carbonyl (C=O) groups excluding carboxylic acids is 1. The molecule has 3 aromatic rings. The summed E-state index contributed by atoms with van der Waals surface area (Å²) in [4.78, 5) is 33.1. The maximum atomic E-state index is 13.4. The van der Waals surface area contributed by atoms with Gasteiger partial charge >= 0.3 is 0 Å². The molecular formula is C24H24ClN3O3. The monoisotopic (exact) mass is 437 g/mol. The minimum Gasteiger partial charge on any atom is -0.396 e. The molecule has 7 heteroatoms. The highest BCUT2D eigenvalue weighted by atomic mass is 35.5. The Labute approximate surface area is 185 Å². The van der Waals surface area contributed by atoms with E-state index in [1.807, 2.05) is 30.3 Å². The zero-order valence-corrected chi connectivity index (χ0v) is 18.1. The highest BCUT2D eigenvalue weighted by molar-refractivity contribution is 6.30. The van der Waals surface area contributed by atoms with Crippen molar-refractivity contribution in [2.24, 2.45) is 0 Å². The maximum Gasteiger partial charge on any atom is 0.257 e. The van der Waals surface area contributed by atoms with E-state index in [9.17, 15) is 14.7 Å². The lowest BCUT2D eigenvalue weighted by Gasteiger charge is -2.30. The van der Waals surface area contributed by atoms with E-state index >= 15 is 0 Å². The molecule has 0 radical (unpaired) electrons. The first kappa shape index (κ1) is 21.3. The van der Waals surface area contributed by atoms with Crippen LogP contribution in [0.3, 0.4) is 0 Å². The number of para-hydroxylation sites is 1. The smallest absolute Gasteiger partial charge is 0.257 e. The van der Waals surface area contributed by atoms with Crippen molar-refractivity contribution in [2.75, 3.05) is 18.1 Å². The molecule has 0 aliphatic carbocycles. The molecule has 0 unspecified atom stereocenters. The molecule has 0 fully saturated rings. The summed E-state index contributed by atoms with van der Waals surface area (Å²) in [5.41, 5.74) is 3.34. The molecule has 0 saturated heterocycles. The fourth-order valence-electron chi connectivity index (χ4n) is 4.11. The number of benzene rings is 2. The van der Waals surface area contributed by atoms with Crippen LogP contribution in [0.5, 0.6) is 0 Å². The quantitative estimate of drug-likeness (QED) is 0.663. The number of amides is 1. The Balaban J connectivity index is 1.79. The summed E-state index contributed by atoms with van der Waals surface area (Å²) in [6, 6.07) is 14.9. The van der Waals surface area contributed by atoms with E-state index in [-0.39, 0.29) is 31.0 Å². The van der Waals surface area contributed by atoms with Gasteiger partial charge in [-0.1, -0.05) is 41.9 Å². The van der Waals surface area contributed by atoms with Crippen LogP contribution in [0.2, 0.25) is 5.02 Å². The minimum atomic E-state index is -0.310. The molecule has 160 valence electrons. The predicted octanol–water partition coefficient (Wildman–Crippen LogP) is 3.39. The van der Waals surface area contributed by atoms with E-state index in [2.05, 4.69) is 4.98 Å². The van der Waals surface area contributed by atoms with Gasteiger partial charge in [-0.25, -0.2) is 4.98 Å². The number of halogens is 1. The van der Waals surface area contributed by atoms with E-state index < -0.39 is 0 Å². The van der Waals surface area contributed by atoms with Crippen molar-refractivity contribution in [2.45, 2.75) is 32.7 Å². The van der Waals surface area contributed by atoms with Crippen LogP contribution in [0.1, 0.15) is 23.2 Å². The molecule has 1 amide bonds. The van der Waals surface area contributed by atoms with Crippen LogP contribution in [-0.2, 0) is 24.2 Å². The molecule has 4 rings (SSSR count). The number of nitrogens with zero attached hydrogens (tertiary/aromatic N) is 3. The van der Waals surface area contributed by atoms with E-state index in [4.69, 9.17) is 11.6 Å². The van der Waals surface area contributed by atoms with Crippen LogP contribution in [0.25, 0.3) is 11.4 Å². The van der Waals surface area contributed by atoms with Crippen molar-refractivity contribution in [1.29, 1.82) is 0 Å². The molecule has 31 heavy (non-hydrogen) atoms. The highest BCUT2D eigenvalue weighted by Gasteiger charge is 2.25. The van der Waals surface area contributed by atoms with Gasteiger partial charge in [-0.15, -0.1) is 0 Å². The number of aliphatic hydroxyl groups excluding tert-OH is 1. The molecule has 1 aliphatic rings. The van der Waals surface area contributed by atoms with Crippen molar-refractivity contribution in [1.82, 2.24) is 9.55 Å². The fourth-order valence-corrected chi connectivity index (χ4v) is 4.30. The van der Waals surface area contributed by atoms with Crippen LogP contribution in [0.15, 0.2) is 53.3 Å². The van der Waals surface area contributed by atoms with E-state index in [0.717, 1.165) is 24.1 Å². The Morgan fingerprint density at radius 1 is 1.19 bits per heavy atom. The van der Waals surface area contributed by atoms with Gasteiger partial charge in [-0.2, -0.15) is 0 Å². The fraction of sp³-hybridized carbons (Fsp3) is 0.292. The largest absolute Gasteiger partial charge is 0.396 e. The third-order valence-electron chi connectivity index (χ3n) is 5.62. The van der Waals surface area contributed by atoms with Crippen LogP contribution >= 0.6 is 11.6 Å². The molecule has 2 aromatic carbocycles. The summed E-state index contributed by atoms with van der Waals surface area (Å²) in [6.07, 6.45) is 2.00. The molecule has 0 atom stereocenters.